The Morgan fingerprint density at radius 3 is 2.67 bits per heavy atom. The van der Waals surface area contributed by atoms with Crippen molar-refractivity contribution in [3.8, 4) is 11.5 Å². The minimum absolute atomic E-state index is 0.00777. The third-order valence-corrected chi connectivity index (χ3v) is 4.68. The summed E-state index contributed by atoms with van der Waals surface area (Å²) in [6, 6.07) is 6.62. The summed E-state index contributed by atoms with van der Waals surface area (Å²) in [5.41, 5.74) is 1.27. The number of guanidine groups is 1. The molecule has 24 heavy (non-hydrogen) atoms. The first kappa shape index (κ1) is 16.9. The summed E-state index contributed by atoms with van der Waals surface area (Å²) in [6.07, 6.45) is 1.94. The zero-order valence-corrected chi connectivity index (χ0v) is 14.7. The van der Waals surface area contributed by atoms with Crippen molar-refractivity contribution in [2.75, 3.05) is 33.6 Å². The van der Waals surface area contributed by atoms with E-state index in [9.17, 15) is 0 Å². The molecular weight excluding hydrogens is 306 g/mol. The van der Waals surface area contributed by atoms with E-state index in [1.54, 1.807) is 7.05 Å². The first-order chi connectivity index (χ1) is 11.6. The van der Waals surface area contributed by atoms with Gasteiger partial charge in [0, 0.05) is 38.3 Å². The summed E-state index contributed by atoms with van der Waals surface area (Å²) in [6.45, 7) is 6.86. The second-order valence-electron chi connectivity index (χ2n) is 6.69. The van der Waals surface area contributed by atoms with Gasteiger partial charge in [-0.1, -0.05) is 6.07 Å². The van der Waals surface area contributed by atoms with Crippen LogP contribution in [-0.2, 0) is 10.2 Å². The fourth-order valence-corrected chi connectivity index (χ4v) is 3.28. The van der Waals surface area contributed by atoms with Gasteiger partial charge in [0.15, 0.2) is 17.5 Å². The highest BCUT2D eigenvalue weighted by Gasteiger charge is 2.35. The van der Waals surface area contributed by atoms with Gasteiger partial charge in [0.05, 0.1) is 0 Å². The van der Waals surface area contributed by atoms with Crippen LogP contribution >= 0.6 is 0 Å². The molecule has 0 atom stereocenters. The topological polar surface area (TPSA) is 64.1 Å². The molecule has 1 fully saturated rings. The van der Waals surface area contributed by atoms with Gasteiger partial charge in [-0.25, -0.2) is 0 Å². The summed E-state index contributed by atoms with van der Waals surface area (Å²) in [5, 5.41) is 6.83. The van der Waals surface area contributed by atoms with Crippen molar-refractivity contribution >= 4 is 5.96 Å². The third-order valence-electron chi connectivity index (χ3n) is 4.68. The van der Waals surface area contributed by atoms with Gasteiger partial charge in [-0.15, -0.1) is 0 Å². The third kappa shape index (κ3) is 3.59. The average Bonchev–Trinajstić information content (AvgIpc) is 3.07. The van der Waals surface area contributed by atoms with Crippen LogP contribution in [0.15, 0.2) is 23.2 Å². The van der Waals surface area contributed by atoms with Crippen LogP contribution in [-0.4, -0.2) is 45.6 Å². The van der Waals surface area contributed by atoms with E-state index in [2.05, 4.69) is 41.6 Å². The number of nitrogens with one attached hydrogen (secondary N) is 2. The second-order valence-corrected chi connectivity index (χ2v) is 6.69. The van der Waals surface area contributed by atoms with Crippen molar-refractivity contribution in [1.82, 2.24) is 10.6 Å². The summed E-state index contributed by atoms with van der Waals surface area (Å²) in [5.74, 6) is 2.49. The molecule has 2 heterocycles. The molecule has 1 saturated heterocycles. The van der Waals surface area contributed by atoms with Crippen molar-refractivity contribution in [3.63, 3.8) is 0 Å². The minimum atomic E-state index is 0.00777. The minimum Gasteiger partial charge on any atom is -0.454 e. The van der Waals surface area contributed by atoms with Gasteiger partial charge < -0.3 is 24.8 Å². The Morgan fingerprint density at radius 2 is 1.96 bits per heavy atom. The van der Waals surface area contributed by atoms with Crippen LogP contribution in [0.1, 0.15) is 32.3 Å². The van der Waals surface area contributed by atoms with Crippen molar-refractivity contribution < 1.29 is 14.2 Å². The molecule has 0 saturated carbocycles. The summed E-state index contributed by atoms with van der Waals surface area (Å²) < 4.78 is 16.6. The van der Waals surface area contributed by atoms with Gasteiger partial charge in [0.25, 0.3) is 0 Å². The van der Waals surface area contributed by atoms with Crippen LogP contribution in [0.4, 0.5) is 0 Å². The number of nitrogens with zero attached hydrogens (tertiary/aromatic N) is 1. The Kier molecular flexibility index (Phi) is 5.14. The lowest BCUT2D eigenvalue weighted by atomic mass is 9.74. The summed E-state index contributed by atoms with van der Waals surface area (Å²) >= 11 is 0. The predicted molar refractivity (Wildman–Crippen MR) is 93.9 cm³/mol. The van der Waals surface area contributed by atoms with Crippen LogP contribution < -0.4 is 20.1 Å². The zero-order valence-electron chi connectivity index (χ0n) is 14.7. The maximum atomic E-state index is 5.61. The molecule has 0 spiro atoms. The Balaban J connectivity index is 1.80. The van der Waals surface area contributed by atoms with Gasteiger partial charge in [0.1, 0.15) is 0 Å². The first-order valence-corrected chi connectivity index (χ1v) is 8.58. The number of aliphatic imine (C=N–C) groups is 1. The highest BCUT2D eigenvalue weighted by atomic mass is 16.7. The molecule has 1 aromatic rings. The quantitative estimate of drug-likeness (QED) is 0.652. The van der Waals surface area contributed by atoms with Gasteiger partial charge in [-0.2, -0.15) is 0 Å². The molecule has 0 unspecified atom stereocenters. The highest BCUT2D eigenvalue weighted by Crippen LogP contribution is 2.40. The molecule has 0 radical (unpaired) electrons. The highest BCUT2D eigenvalue weighted by molar-refractivity contribution is 5.80. The maximum absolute atomic E-state index is 5.61. The lowest BCUT2D eigenvalue weighted by Gasteiger charge is -2.38. The Hall–Kier alpha value is -1.95. The van der Waals surface area contributed by atoms with Gasteiger partial charge in [-0.3, -0.25) is 4.99 Å². The molecule has 6 heteroatoms. The van der Waals surface area contributed by atoms with Crippen LogP contribution in [0, 0.1) is 0 Å². The molecule has 0 bridgehead atoms. The summed E-state index contributed by atoms with van der Waals surface area (Å²) in [4.78, 5) is 4.31. The van der Waals surface area contributed by atoms with Crippen molar-refractivity contribution in [1.29, 1.82) is 0 Å². The average molecular weight is 333 g/mol. The van der Waals surface area contributed by atoms with Crippen LogP contribution in [0.5, 0.6) is 11.5 Å². The van der Waals surface area contributed by atoms with Gasteiger partial charge in [0.2, 0.25) is 6.79 Å². The van der Waals surface area contributed by atoms with E-state index in [-0.39, 0.29) is 5.41 Å². The molecule has 2 aliphatic rings. The van der Waals surface area contributed by atoms with E-state index in [0.29, 0.717) is 12.8 Å². The Labute approximate surface area is 143 Å². The molecule has 1 aromatic carbocycles. The fraction of sp³-hybridized carbons (Fsp3) is 0.611. The zero-order chi connectivity index (χ0) is 17.0. The monoisotopic (exact) mass is 333 g/mol. The SMILES string of the molecule is CN=C(NCC1(c2ccc3c(c2)OCO3)CCOCC1)NC(C)C. The largest absolute Gasteiger partial charge is 0.454 e. The molecule has 2 N–H and O–H groups in total. The fourth-order valence-electron chi connectivity index (χ4n) is 3.28. The van der Waals surface area contributed by atoms with Crippen molar-refractivity contribution in [2.45, 2.75) is 38.1 Å². The number of ether oxygens (including phenoxy) is 3. The molecule has 0 aliphatic carbocycles. The molecule has 6 nitrogen and oxygen atoms in total. The molecule has 0 aromatic heterocycles. The Morgan fingerprint density at radius 1 is 1.21 bits per heavy atom. The maximum Gasteiger partial charge on any atom is 0.231 e. The number of fused-ring (bicyclic) bond motifs is 1. The number of hydrogen-bond donors (Lipinski definition) is 2. The van der Waals surface area contributed by atoms with Crippen LogP contribution in [0.2, 0.25) is 0 Å². The van der Waals surface area contributed by atoms with E-state index >= 15 is 0 Å². The van der Waals surface area contributed by atoms with Crippen LogP contribution in [0.3, 0.4) is 0 Å². The van der Waals surface area contributed by atoms with E-state index in [0.717, 1.165) is 50.1 Å². The normalized spacial score (nSPS) is 19.4. The predicted octanol–water partition coefficient (Wildman–Crippen LogP) is 2.04. The molecule has 3 rings (SSSR count). The van der Waals surface area contributed by atoms with E-state index in [1.165, 1.54) is 5.56 Å². The van der Waals surface area contributed by atoms with Crippen molar-refractivity contribution in [3.05, 3.63) is 23.8 Å². The second kappa shape index (κ2) is 7.30. The Bertz CT molecular complexity index is 595. The van der Waals surface area contributed by atoms with E-state index < -0.39 is 0 Å². The standard InChI is InChI=1S/C18H27N3O3/c1-13(2)21-17(19-3)20-11-18(6-8-22-9-7-18)14-4-5-15-16(10-14)24-12-23-15/h4-5,10,13H,6-9,11-12H2,1-3H3,(H2,19,20,21). The number of rotatable bonds is 4. The van der Waals surface area contributed by atoms with Gasteiger partial charge in [-0.05, 0) is 44.4 Å². The molecule has 132 valence electrons. The number of hydrogen-bond acceptors (Lipinski definition) is 4. The summed E-state index contributed by atoms with van der Waals surface area (Å²) in [7, 11) is 1.80. The van der Waals surface area contributed by atoms with Gasteiger partial charge >= 0.3 is 0 Å². The molecule has 0 amide bonds. The lowest BCUT2D eigenvalue weighted by Crippen LogP contribution is -2.49. The lowest BCUT2D eigenvalue weighted by molar-refractivity contribution is 0.0513. The van der Waals surface area contributed by atoms with E-state index in [1.807, 2.05) is 6.07 Å². The number of benzene rings is 1. The first-order valence-electron chi connectivity index (χ1n) is 8.58. The molecule has 2 aliphatic heterocycles. The van der Waals surface area contributed by atoms with E-state index in [4.69, 9.17) is 14.2 Å². The van der Waals surface area contributed by atoms with Crippen LogP contribution in [0.25, 0.3) is 0 Å². The smallest absolute Gasteiger partial charge is 0.231 e. The molecular formula is C18H27N3O3. The van der Waals surface area contributed by atoms with Crippen molar-refractivity contribution in [2.24, 2.45) is 4.99 Å².